The molecule has 1 aromatic carbocycles. The molecule has 0 radical (unpaired) electrons. The molecule has 0 unspecified atom stereocenters. The van der Waals surface area contributed by atoms with Gasteiger partial charge >= 0.3 is 0 Å². The van der Waals surface area contributed by atoms with Crippen LogP contribution >= 0.6 is 34.8 Å². The van der Waals surface area contributed by atoms with Crippen molar-refractivity contribution in [3.63, 3.8) is 0 Å². The molecule has 0 atom stereocenters. The highest BCUT2D eigenvalue weighted by atomic mass is 35.5. The summed E-state index contributed by atoms with van der Waals surface area (Å²) in [4.78, 5) is 12.2. The Morgan fingerprint density at radius 3 is 2.22 bits per heavy atom. The molecule has 0 saturated heterocycles. The fourth-order valence-corrected chi connectivity index (χ4v) is 6.20. The van der Waals surface area contributed by atoms with Gasteiger partial charge in [-0.3, -0.25) is 4.79 Å². The second-order valence-corrected chi connectivity index (χ2v) is 9.64. The van der Waals surface area contributed by atoms with E-state index in [2.05, 4.69) is 17.5 Å². The molecule has 4 aliphatic rings. The lowest BCUT2D eigenvalue weighted by molar-refractivity contribution is -0.123. The molecule has 5 rings (SSSR count). The average Bonchev–Trinajstić information content (AvgIpc) is 2.60. The minimum absolute atomic E-state index is 0.185. The molecule has 0 spiro atoms. The Balaban J connectivity index is 1.35. The standard InChI is InChI=1S/C20H23Cl3N2O2/c1-11(20-7-12-2-13(8-20)4-14(3-12)9-20)24-25-19(26)10-27-18-6-16(22)15(21)5-17(18)23/h5-6,12-14H,2-4,7-10H2,1H3,(H,25,26). The molecule has 4 bridgehead atoms. The Kier molecular flexibility index (Phi) is 5.34. The predicted octanol–water partition coefficient (Wildman–Crippen LogP) is 5.73. The molecule has 4 saturated carbocycles. The quantitative estimate of drug-likeness (QED) is 0.369. The second kappa shape index (κ2) is 7.46. The van der Waals surface area contributed by atoms with E-state index in [9.17, 15) is 4.79 Å². The number of hydrazone groups is 1. The van der Waals surface area contributed by atoms with Crippen molar-refractivity contribution in [1.82, 2.24) is 5.43 Å². The smallest absolute Gasteiger partial charge is 0.277 e. The van der Waals surface area contributed by atoms with Gasteiger partial charge in [0.1, 0.15) is 5.75 Å². The topological polar surface area (TPSA) is 50.7 Å². The summed E-state index contributed by atoms with van der Waals surface area (Å²) in [5, 5.41) is 5.42. The number of amides is 1. The Labute approximate surface area is 174 Å². The molecule has 0 aromatic heterocycles. The van der Waals surface area contributed by atoms with E-state index >= 15 is 0 Å². The molecule has 1 amide bonds. The molecule has 146 valence electrons. The molecule has 7 heteroatoms. The lowest BCUT2D eigenvalue weighted by Crippen LogP contribution is -2.49. The third kappa shape index (κ3) is 3.94. The minimum atomic E-state index is -0.318. The summed E-state index contributed by atoms with van der Waals surface area (Å²) in [6.45, 7) is 1.87. The van der Waals surface area contributed by atoms with Crippen LogP contribution in [0.15, 0.2) is 17.2 Å². The third-order valence-electron chi connectivity index (χ3n) is 6.49. The zero-order valence-electron chi connectivity index (χ0n) is 15.2. The van der Waals surface area contributed by atoms with E-state index < -0.39 is 0 Å². The number of ether oxygens (including phenoxy) is 1. The molecule has 1 aromatic rings. The van der Waals surface area contributed by atoms with Crippen LogP contribution in [-0.2, 0) is 4.79 Å². The van der Waals surface area contributed by atoms with Crippen LogP contribution in [0.3, 0.4) is 0 Å². The number of hydrogen-bond acceptors (Lipinski definition) is 3. The van der Waals surface area contributed by atoms with E-state index in [4.69, 9.17) is 39.5 Å². The molecule has 4 nitrogen and oxygen atoms in total. The fraction of sp³-hybridized carbons (Fsp3) is 0.600. The molecular formula is C20H23Cl3N2O2. The first kappa shape index (κ1) is 19.4. The highest BCUT2D eigenvalue weighted by molar-refractivity contribution is 6.43. The second-order valence-electron chi connectivity index (χ2n) is 8.42. The van der Waals surface area contributed by atoms with E-state index in [0.29, 0.717) is 20.8 Å². The molecule has 0 heterocycles. The number of hydrogen-bond donors (Lipinski definition) is 1. The van der Waals surface area contributed by atoms with E-state index in [1.807, 2.05) is 0 Å². The van der Waals surface area contributed by atoms with Crippen LogP contribution in [0, 0.1) is 23.2 Å². The largest absolute Gasteiger partial charge is 0.482 e. The number of benzene rings is 1. The van der Waals surface area contributed by atoms with Gasteiger partial charge in [0.2, 0.25) is 0 Å². The number of rotatable bonds is 5. The summed E-state index contributed by atoms with van der Waals surface area (Å²) in [6.07, 6.45) is 7.82. The van der Waals surface area contributed by atoms with E-state index in [1.165, 1.54) is 50.7 Å². The number of carbonyl (C=O) groups is 1. The van der Waals surface area contributed by atoms with E-state index in [1.54, 1.807) is 0 Å². The monoisotopic (exact) mass is 428 g/mol. The van der Waals surface area contributed by atoms with Gasteiger partial charge in [0, 0.05) is 17.2 Å². The van der Waals surface area contributed by atoms with Crippen LogP contribution in [0.4, 0.5) is 0 Å². The van der Waals surface area contributed by atoms with Crippen molar-refractivity contribution in [2.45, 2.75) is 45.4 Å². The molecular weight excluding hydrogens is 407 g/mol. The summed E-state index contributed by atoms with van der Waals surface area (Å²) in [5.41, 5.74) is 3.89. The van der Waals surface area contributed by atoms with Crippen molar-refractivity contribution in [3.8, 4) is 5.75 Å². The molecule has 4 aliphatic carbocycles. The van der Waals surface area contributed by atoms with Gasteiger partial charge in [-0.25, -0.2) is 5.43 Å². The van der Waals surface area contributed by atoms with Crippen molar-refractivity contribution in [1.29, 1.82) is 0 Å². The van der Waals surface area contributed by atoms with E-state index in [-0.39, 0.29) is 17.9 Å². The fourth-order valence-electron chi connectivity index (χ4n) is 5.61. The Morgan fingerprint density at radius 2 is 1.63 bits per heavy atom. The predicted molar refractivity (Wildman–Crippen MR) is 109 cm³/mol. The lowest BCUT2D eigenvalue weighted by atomic mass is 9.48. The first-order chi connectivity index (χ1) is 12.8. The average molecular weight is 430 g/mol. The van der Waals surface area contributed by atoms with Gasteiger partial charge in [-0.15, -0.1) is 0 Å². The van der Waals surface area contributed by atoms with E-state index in [0.717, 1.165) is 23.5 Å². The molecule has 1 N–H and O–H groups in total. The summed E-state index contributed by atoms with van der Waals surface area (Å²) in [5.74, 6) is 2.54. The van der Waals surface area contributed by atoms with Gasteiger partial charge in [-0.1, -0.05) is 34.8 Å². The van der Waals surface area contributed by atoms with Crippen molar-refractivity contribution in [2.75, 3.05) is 6.61 Å². The van der Waals surface area contributed by atoms with Crippen LogP contribution in [0.5, 0.6) is 5.75 Å². The van der Waals surface area contributed by atoms with Crippen molar-refractivity contribution >= 4 is 46.4 Å². The lowest BCUT2D eigenvalue weighted by Gasteiger charge is -2.56. The summed E-state index contributed by atoms with van der Waals surface area (Å²) >= 11 is 17.9. The highest BCUT2D eigenvalue weighted by Gasteiger charge is 2.52. The third-order valence-corrected chi connectivity index (χ3v) is 7.51. The van der Waals surface area contributed by atoms with Crippen LogP contribution in [0.1, 0.15) is 45.4 Å². The summed E-state index contributed by atoms with van der Waals surface area (Å²) in [7, 11) is 0. The Bertz CT molecular complexity index is 758. The van der Waals surface area contributed by atoms with Crippen molar-refractivity contribution in [3.05, 3.63) is 27.2 Å². The number of nitrogens with one attached hydrogen (secondary N) is 1. The maximum absolute atomic E-state index is 12.2. The van der Waals surface area contributed by atoms with Gasteiger partial charge in [0.05, 0.1) is 15.1 Å². The Morgan fingerprint density at radius 1 is 1.07 bits per heavy atom. The van der Waals surface area contributed by atoms with Crippen LogP contribution < -0.4 is 10.2 Å². The van der Waals surface area contributed by atoms with Crippen molar-refractivity contribution in [2.24, 2.45) is 28.3 Å². The molecule has 27 heavy (non-hydrogen) atoms. The van der Waals surface area contributed by atoms with Crippen molar-refractivity contribution < 1.29 is 9.53 Å². The Hall–Kier alpha value is -0.970. The number of halogens is 3. The summed E-state index contributed by atoms with van der Waals surface area (Å²) in [6, 6.07) is 3.00. The molecule has 0 aliphatic heterocycles. The number of carbonyl (C=O) groups excluding carboxylic acids is 1. The maximum Gasteiger partial charge on any atom is 0.277 e. The first-order valence-corrected chi connectivity index (χ1v) is 10.6. The normalized spacial score (nSPS) is 31.9. The summed E-state index contributed by atoms with van der Waals surface area (Å²) < 4.78 is 5.46. The van der Waals surface area contributed by atoms with Gasteiger partial charge in [-0.2, -0.15) is 5.10 Å². The van der Waals surface area contributed by atoms with Gasteiger partial charge < -0.3 is 4.74 Å². The van der Waals surface area contributed by atoms with Gasteiger partial charge in [0.25, 0.3) is 5.91 Å². The van der Waals surface area contributed by atoms with Gasteiger partial charge in [-0.05, 0) is 69.3 Å². The molecule has 4 fully saturated rings. The SMILES string of the molecule is CC(=NNC(=O)COc1cc(Cl)c(Cl)cc1Cl)C12CC3CC(CC(C3)C1)C2. The zero-order valence-corrected chi connectivity index (χ0v) is 17.5. The minimum Gasteiger partial charge on any atom is -0.482 e. The van der Waals surface area contributed by atoms with Crippen LogP contribution in [0.2, 0.25) is 15.1 Å². The van der Waals surface area contributed by atoms with Gasteiger partial charge in [0.15, 0.2) is 6.61 Å². The first-order valence-electron chi connectivity index (χ1n) is 9.45. The number of nitrogens with zero attached hydrogens (tertiary/aromatic N) is 1. The zero-order chi connectivity index (χ0) is 19.2. The maximum atomic E-state index is 12.2. The highest BCUT2D eigenvalue weighted by Crippen LogP contribution is 2.60. The van der Waals surface area contributed by atoms with Crippen LogP contribution in [0.25, 0.3) is 0 Å². The van der Waals surface area contributed by atoms with Crippen LogP contribution in [-0.4, -0.2) is 18.2 Å².